The number of carbonyl (C=O) groups excluding carboxylic acids is 1. The first-order valence-electron chi connectivity index (χ1n) is 6.72. The van der Waals surface area contributed by atoms with Crippen molar-refractivity contribution in [3.63, 3.8) is 0 Å². The molecule has 2 rings (SSSR count). The van der Waals surface area contributed by atoms with Crippen molar-refractivity contribution in [3.05, 3.63) is 27.1 Å². The van der Waals surface area contributed by atoms with Crippen LogP contribution in [-0.2, 0) is 4.79 Å². The third-order valence-corrected chi connectivity index (χ3v) is 4.64. The maximum Gasteiger partial charge on any atom is 0.238 e. The molecule has 0 aliphatic carbocycles. The van der Waals surface area contributed by atoms with E-state index in [0.29, 0.717) is 12.6 Å². The zero-order chi connectivity index (χ0) is 14.5. The highest BCUT2D eigenvalue weighted by atomic mass is 79.9. The van der Waals surface area contributed by atoms with Crippen LogP contribution in [0.4, 0.5) is 5.69 Å². The summed E-state index contributed by atoms with van der Waals surface area (Å²) >= 11 is 6.85. The van der Waals surface area contributed by atoms with Gasteiger partial charge in [-0.1, -0.05) is 15.9 Å². The molecule has 2 N–H and O–H groups in total. The second kappa shape index (κ2) is 7.54. The van der Waals surface area contributed by atoms with Crippen molar-refractivity contribution >= 4 is 43.5 Å². The number of amides is 1. The number of hydrogen-bond acceptors (Lipinski definition) is 3. The van der Waals surface area contributed by atoms with Crippen molar-refractivity contribution in [2.24, 2.45) is 0 Å². The number of halogens is 2. The van der Waals surface area contributed by atoms with Gasteiger partial charge in [0.05, 0.1) is 12.2 Å². The highest BCUT2D eigenvalue weighted by Crippen LogP contribution is 2.26. The normalized spacial score (nSPS) is 19.1. The van der Waals surface area contributed by atoms with Gasteiger partial charge in [0.15, 0.2) is 0 Å². The van der Waals surface area contributed by atoms with E-state index in [2.05, 4.69) is 47.4 Å². The number of nitrogens with one attached hydrogen (secondary N) is 2. The molecule has 110 valence electrons. The number of nitrogens with zero attached hydrogens (tertiary/aromatic N) is 1. The molecule has 1 amide bonds. The summed E-state index contributed by atoms with van der Waals surface area (Å²) in [4.78, 5) is 14.2. The highest BCUT2D eigenvalue weighted by Gasteiger charge is 2.19. The van der Waals surface area contributed by atoms with Crippen LogP contribution in [-0.4, -0.2) is 43.5 Å². The number of hydrogen-bond donors (Lipinski definition) is 2. The van der Waals surface area contributed by atoms with Gasteiger partial charge in [-0.15, -0.1) is 0 Å². The van der Waals surface area contributed by atoms with E-state index in [0.717, 1.165) is 34.1 Å². The minimum atomic E-state index is 0.0149. The monoisotopic (exact) mass is 403 g/mol. The Bertz CT molecular complexity index is 475. The molecule has 1 aromatic rings. The lowest BCUT2D eigenvalue weighted by Crippen LogP contribution is -2.46. The van der Waals surface area contributed by atoms with Crippen LogP contribution < -0.4 is 10.6 Å². The van der Waals surface area contributed by atoms with E-state index in [1.165, 1.54) is 6.42 Å². The minimum absolute atomic E-state index is 0.0149. The fraction of sp³-hybridized carbons (Fsp3) is 0.500. The van der Waals surface area contributed by atoms with E-state index in [1.807, 2.05) is 25.2 Å². The van der Waals surface area contributed by atoms with Crippen molar-refractivity contribution in [2.45, 2.75) is 18.9 Å². The third-order valence-electron chi connectivity index (χ3n) is 3.49. The lowest BCUT2D eigenvalue weighted by atomic mass is 10.1. The zero-order valence-electron chi connectivity index (χ0n) is 11.5. The molecule has 1 aliphatic heterocycles. The van der Waals surface area contributed by atoms with Crippen molar-refractivity contribution in [3.8, 4) is 0 Å². The van der Waals surface area contributed by atoms with E-state index < -0.39 is 0 Å². The summed E-state index contributed by atoms with van der Waals surface area (Å²) < 4.78 is 1.86. The fourth-order valence-electron chi connectivity index (χ4n) is 2.35. The van der Waals surface area contributed by atoms with E-state index >= 15 is 0 Å². The van der Waals surface area contributed by atoms with Crippen LogP contribution in [0.25, 0.3) is 0 Å². The summed E-state index contributed by atoms with van der Waals surface area (Å²) in [6, 6.07) is 6.16. The number of likely N-dealkylation sites (N-methyl/N-ethyl adjacent to an activating group) is 1. The zero-order valence-corrected chi connectivity index (χ0v) is 14.6. The van der Waals surface area contributed by atoms with Crippen molar-refractivity contribution < 1.29 is 4.79 Å². The molecule has 1 heterocycles. The smallest absolute Gasteiger partial charge is 0.238 e. The molecule has 1 atom stereocenters. The van der Waals surface area contributed by atoms with Crippen LogP contribution in [0.15, 0.2) is 27.1 Å². The molecule has 4 nitrogen and oxygen atoms in total. The Kier molecular flexibility index (Phi) is 6.01. The summed E-state index contributed by atoms with van der Waals surface area (Å²) in [5.41, 5.74) is 0.799. The summed E-state index contributed by atoms with van der Waals surface area (Å²) in [5.74, 6) is 0.0149. The topological polar surface area (TPSA) is 44.4 Å². The van der Waals surface area contributed by atoms with Crippen LogP contribution in [0.3, 0.4) is 0 Å². The average Bonchev–Trinajstić information content (AvgIpc) is 2.43. The molecule has 1 fully saturated rings. The number of carbonyl (C=O) groups is 1. The molecular formula is C14H19Br2N3O. The molecule has 0 bridgehead atoms. The van der Waals surface area contributed by atoms with Crippen LogP contribution in [0.2, 0.25) is 0 Å². The lowest BCUT2D eigenvalue weighted by Gasteiger charge is -2.31. The maximum atomic E-state index is 12.1. The highest BCUT2D eigenvalue weighted by molar-refractivity contribution is 9.11. The standard InChI is InChI=1S/C14H19Br2N3O/c1-19(11-3-2-6-17-8-11)9-14(20)18-13-5-4-10(15)7-12(13)16/h4-5,7,11,17H,2-3,6,8-9H2,1H3,(H,18,20). The number of piperidine rings is 1. The van der Waals surface area contributed by atoms with Crippen LogP contribution in [0.1, 0.15) is 12.8 Å². The summed E-state index contributed by atoms with van der Waals surface area (Å²) in [6.07, 6.45) is 2.33. The van der Waals surface area contributed by atoms with Crippen LogP contribution in [0.5, 0.6) is 0 Å². The van der Waals surface area contributed by atoms with Gasteiger partial charge in [0.1, 0.15) is 0 Å². The number of rotatable bonds is 4. The molecule has 6 heteroatoms. The first kappa shape index (κ1) is 15.9. The van der Waals surface area contributed by atoms with E-state index in [4.69, 9.17) is 0 Å². The molecule has 20 heavy (non-hydrogen) atoms. The molecule has 1 aromatic carbocycles. The average molecular weight is 405 g/mol. The fourth-order valence-corrected chi connectivity index (χ4v) is 3.49. The largest absolute Gasteiger partial charge is 0.324 e. The van der Waals surface area contributed by atoms with Gasteiger partial charge in [-0.05, 0) is 60.6 Å². The third kappa shape index (κ3) is 4.55. The first-order chi connectivity index (χ1) is 9.56. The Morgan fingerprint density at radius 3 is 2.95 bits per heavy atom. The Morgan fingerprint density at radius 2 is 2.30 bits per heavy atom. The Labute approximate surface area is 136 Å². The van der Waals surface area contributed by atoms with Gasteiger partial charge >= 0.3 is 0 Å². The van der Waals surface area contributed by atoms with Crippen LogP contribution in [0, 0.1) is 0 Å². The second-order valence-corrected chi connectivity index (χ2v) is 6.86. The predicted octanol–water partition coefficient (Wildman–Crippen LogP) is 2.83. The molecule has 1 saturated heterocycles. The van der Waals surface area contributed by atoms with Gasteiger partial charge in [-0.3, -0.25) is 9.69 Å². The number of anilines is 1. The van der Waals surface area contributed by atoms with Gasteiger partial charge in [-0.2, -0.15) is 0 Å². The van der Waals surface area contributed by atoms with E-state index in [1.54, 1.807) is 0 Å². The number of benzene rings is 1. The Morgan fingerprint density at radius 1 is 1.50 bits per heavy atom. The Hall–Kier alpha value is -0.430. The SMILES string of the molecule is CN(CC(=O)Nc1ccc(Br)cc1Br)C1CCCNC1. The molecular weight excluding hydrogens is 386 g/mol. The predicted molar refractivity (Wildman–Crippen MR) is 89.0 cm³/mol. The minimum Gasteiger partial charge on any atom is -0.324 e. The van der Waals surface area contributed by atoms with Gasteiger partial charge in [0.25, 0.3) is 0 Å². The molecule has 0 aromatic heterocycles. The first-order valence-corrected chi connectivity index (χ1v) is 8.30. The molecule has 0 saturated carbocycles. The van der Waals surface area contributed by atoms with E-state index in [-0.39, 0.29) is 5.91 Å². The molecule has 0 radical (unpaired) electrons. The summed E-state index contributed by atoms with van der Waals surface area (Å²) in [7, 11) is 2.01. The quantitative estimate of drug-likeness (QED) is 0.810. The maximum absolute atomic E-state index is 12.1. The van der Waals surface area contributed by atoms with Gasteiger partial charge in [0.2, 0.25) is 5.91 Å². The lowest BCUT2D eigenvalue weighted by molar-refractivity contribution is -0.117. The second-order valence-electron chi connectivity index (χ2n) is 5.09. The van der Waals surface area contributed by atoms with Crippen molar-refractivity contribution in [1.29, 1.82) is 0 Å². The Balaban J connectivity index is 1.88. The van der Waals surface area contributed by atoms with Crippen LogP contribution >= 0.6 is 31.9 Å². The molecule has 0 spiro atoms. The van der Waals surface area contributed by atoms with E-state index in [9.17, 15) is 4.79 Å². The molecule has 1 aliphatic rings. The summed E-state index contributed by atoms with van der Waals surface area (Å²) in [5, 5.41) is 6.31. The molecule has 1 unspecified atom stereocenters. The van der Waals surface area contributed by atoms with Crippen molar-refractivity contribution in [1.82, 2.24) is 10.2 Å². The van der Waals surface area contributed by atoms with Gasteiger partial charge in [0, 0.05) is 21.5 Å². The summed E-state index contributed by atoms with van der Waals surface area (Å²) in [6.45, 7) is 2.46. The van der Waals surface area contributed by atoms with Crippen molar-refractivity contribution in [2.75, 3.05) is 32.0 Å². The van der Waals surface area contributed by atoms with Gasteiger partial charge in [-0.25, -0.2) is 0 Å². The van der Waals surface area contributed by atoms with Gasteiger partial charge < -0.3 is 10.6 Å².